The van der Waals surface area contributed by atoms with Gasteiger partial charge in [0.15, 0.2) is 0 Å². The van der Waals surface area contributed by atoms with Gasteiger partial charge in [-0.2, -0.15) is 0 Å². The van der Waals surface area contributed by atoms with Crippen LogP contribution in [-0.2, 0) is 13.1 Å². The molecule has 8 heteroatoms. The van der Waals surface area contributed by atoms with Crippen LogP contribution < -0.4 is 10.6 Å². The Morgan fingerprint density at radius 2 is 1.82 bits per heavy atom. The van der Waals surface area contributed by atoms with Crippen LogP contribution >= 0.6 is 0 Å². The fourth-order valence-corrected chi connectivity index (χ4v) is 4.73. The van der Waals surface area contributed by atoms with Crippen LogP contribution in [0, 0.1) is 0 Å². The molecule has 4 aromatic rings. The predicted molar refractivity (Wildman–Crippen MR) is 130 cm³/mol. The zero-order valence-corrected chi connectivity index (χ0v) is 19.1. The van der Waals surface area contributed by atoms with Crippen molar-refractivity contribution in [2.24, 2.45) is 5.73 Å². The summed E-state index contributed by atoms with van der Waals surface area (Å²) >= 11 is 0. The highest BCUT2D eigenvalue weighted by Gasteiger charge is 2.27. The van der Waals surface area contributed by atoms with Gasteiger partial charge in [-0.25, -0.2) is 0 Å². The average Bonchev–Trinajstić information content (AvgIpc) is 3.28. The van der Waals surface area contributed by atoms with Crippen LogP contribution in [0.5, 0.6) is 0 Å². The van der Waals surface area contributed by atoms with Crippen molar-refractivity contribution in [1.29, 1.82) is 0 Å². The number of pyridine rings is 1. The molecule has 170 valence electrons. The second-order valence-electron chi connectivity index (χ2n) is 8.70. The van der Waals surface area contributed by atoms with E-state index in [-0.39, 0.29) is 11.9 Å². The van der Waals surface area contributed by atoms with Crippen molar-refractivity contribution in [3.63, 3.8) is 0 Å². The molecule has 2 aromatic heterocycles. The number of hydrogen-bond donors (Lipinski definition) is 1. The highest BCUT2D eigenvalue weighted by atomic mass is 16.2. The van der Waals surface area contributed by atoms with Crippen LogP contribution in [0.3, 0.4) is 0 Å². The number of rotatable bonds is 5. The Morgan fingerprint density at radius 1 is 1.09 bits per heavy atom. The largest absolute Gasteiger partial charge is 0.339 e. The maximum Gasteiger partial charge on any atom is 0.291 e. The Balaban J connectivity index is 1.46. The van der Waals surface area contributed by atoms with E-state index in [1.54, 1.807) is 11.9 Å². The second kappa shape index (κ2) is 8.78. The standard InChI is InChI=1S/C25H29N7O/c1-3-32-23(28-29-25(32)31-14-8-9-17(26)15-31)24(33)30(2)16-22-20-12-5-4-10-18(20)19-11-6-7-13-21(19)27-22/h4-7,10-13,17H,3,8-9,14-16,26H2,1-2H3. The van der Waals surface area contributed by atoms with E-state index >= 15 is 0 Å². The first-order chi connectivity index (χ1) is 16.1. The monoisotopic (exact) mass is 443 g/mol. The molecule has 1 aliphatic heterocycles. The lowest BCUT2D eigenvalue weighted by Gasteiger charge is -2.31. The zero-order valence-electron chi connectivity index (χ0n) is 19.1. The number of fused-ring (bicyclic) bond motifs is 3. The highest BCUT2D eigenvalue weighted by Crippen LogP contribution is 2.27. The molecule has 33 heavy (non-hydrogen) atoms. The maximum absolute atomic E-state index is 13.4. The highest BCUT2D eigenvalue weighted by molar-refractivity contribution is 6.06. The van der Waals surface area contributed by atoms with E-state index in [0.29, 0.717) is 18.9 Å². The van der Waals surface area contributed by atoms with Crippen molar-refractivity contribution in [1.82, 2.24) is 24.6 Å². The topological polar surface area (TPSA) is 93.2 Å². The fraction of sp³-hybridized carbons (Fsp3) is 0.360. The number of para-hydroxylation sites is 1. The van der Waals surface area contributed by atoms with Crippen LogP contribution in [-0.4, -0.2) is 56.7 Å². The molecule has 1 atom stereocenters. The molecule has 0 radical (unpaired) electrons. The first-order valence-electron chi connectivity index (χ1n) is 11.5. The summed E-state index contributed by atoms with van der Waals surface area (Å²) in [4.78, 5) is 22.1. The lowest BCUT2D eigenvalue weighted by molar-refractivity contribution is 0.0767. The van der Waals surface area contributed by atoms with Gasteiger partial charge >= 0.3 is 0 Å². The van der Waals surface area contributed by atoms with Gasteiger partial charge in [-0.3, -0.25) is 14.3 Å². The number of benzene rings is 2. The number of nitrogens with two attached hydrogens (primary N) is 1. The van der Waals surface area contributed by atoms with Crippen molar-refractivity contribution in [2.75, 3.05) is 25.0 Å². The van der Waals surface area contributed by atoms with E-state index in [1.807, 2.05) is 41.8 Å². The van der Waals surface area contributed by atoms with E-state index in [2.05, 4.69) is 33.3 Å². The second-order valence-corrected chi connectivity index (χ2v) is 8.70. The molecule has 1 fully saturated rings. The predicted octanol–water partition coefficient (Wildman–Crippen LogP) is 3.20. The summed E-state index contributed by atoms with van der Waals surface area (Å²) < 4.78 is 1.89. The first kappa shape index (κ1) is 21.3. The Kier molecular flexibility index (Phi) is 5.68. The summed E-state index contributed by atoms with van der Waals surface area (Å²) in [5.74, 6) is 0.897. The molecule has 2 N–H and O–H groups in total. The van der Waals surface area contributed by atoms with Crippen LogP contribution in [0.1, 0.15) is 36.1 Å². The molecule has 0 bridgehead atoms. The molecule has 8 nitrogen and oxygen atoms in total. The Labute approximate surface area is 193 Å². The summed E-state index contributed by atoms with van der Waals surface area (Å²) in [5, 5.41) is 11.9. The third-order valence-electron chi connectivity index (χ3n) is 6.40. The van der Waals surface area contributed by atoms with Gasteiger partial charge in [0.2, 0.25) is 11.8 Å². The smallest absolute Gasteiger partial charge is 0.291 e. The molecule has 5 rings (SSSR count). The fourth-order valence-electron chi connectivity index (χ4n) is 4.73. The summed E-state index contributed by atoms with van der Waals surface area (Å²) in [7, 11) is 1.79. The normalized spacial score (nSPS) is 16.5. The van der Waals surface area contributed by atoms with E-state index in [0.717, 1.165) is 59.2 Å². The third-order valence-corrected chi connectivity index (χ3v) is 6.40. The Hall–Kier alpha value is -3.52. The van der Waals surface area contributed by atoms with Gasteiger partial charge in [-0.15, -0.1) is 10.2 Å². The number of amides is 1. The maximum atomic E-state index is 13.4. The van der Waals surface area contributed by atoms with Gasteiger partial charge in [0.25, 0.3) is 5.91 Å². The first-order valence-corrected chi connectivity index (χ1v) is 11.5. The van der Waals surface area contributed by atoms with Crippen molar-refractivity contribution < 1.29 is 4.79 Å². The molecule has 1 unspecified atom stereocenters. The number of carbonyl (C=O) groups excluding carboxylic acids is 1. The molecule has 1 amide bonds. The van der Waals surface area contributed by atoms with Gasteiger partial charge < -0.3 is 15.5 Å². The van der Waals surface area contributed by atoms with Gasteiger partial charge in [-0.05, 0) is 31.2 Å². The molecule has 0 saturated carbocycles. The van der Waals surface area contributed by atoms with E-state index in [9.17, 15) is 4.79 Å². The number of anilines is 1. The minimum atomic E-state index is -0.170. The van der Waals surface area contributed by atoms with Crippen molar-refractivity contribution >= 4 is 33.5 Å². The van der Waals surface area contributed by atoms with Gasteiger partial charge in [0.1, 0.15) is 0 Å². The minimum absolute atomic E-state index is 0.120. The average molecular weight is 444 g/mol. The van der Waals surface area contributed by atoms with Crippen LogP contribution in [0.25, 0.3) is 21.7 Å². The summed E-state index contributed by atoms with van der Waals surface area (Å²) in [6.45, 7) is 4.61. The number of nitrogens with zero attached hydrogens (tertiary/aromatic N) is 6. The molecule has 1 saturated heterocycles. The minimum Gasteiger partial charge on any atom is -0.339 e. The quantitative estimate of drug-likeness (QED) is 0.476. The molecule has 0 aliphatic carbocycles. The SMILES string of the molecule is CCn1c(C(=O)N(C)Cc2nc3ccccc3c3ccccc23)nnc1N1CCCC(N)C1. The lowest BCUT2D eigenvalue weighted by Crippen LogP contribution is -2.44. The van der Waals surface area contributed by atoms with Gasteiger partial charge in [0.05, 0.1) is 17.8 Å². The third kappa shape index (κ3) is 3.91. The number of piperidine rings is 1. The van der Waals surface area contributed by atoms with Crippen molar-refractivity contribution in [3.05, 3.63) is 60.0 Å². The van der Waals surface area contributed by atoms with E-state index < -0.39 is 0 Å². The van der Waals surface area contributed by atoms with Crippen molar-refractivity contribution in [3.8, 4) is 0 Å². The Morgan fingerprint density at radius 3 is 2.58 bits per heavy atom. The molecular weight excluding hydrogens is 414 g/mol. The molecule has 1 aliphatic rings. The summed E-state index contributed by atoms with van der Waals surface area (Å²) in [6.07, 6.45) is 2.03. The number of aromatic nitrogens is 4. The van der Waals surface area contributed by atoms with Crippen LogP contribution in [0.2, 0.25) is 0 Å². The van der Waals surface area contributed by atoms with Gasteiger partial charge in [-0.1, -0.05) is 42.5 Å². The lowest BCUT2D eigenvalue weighted by atomic mass is 10.0. The number of carbonyl (C=O) groups is 1. The van der Waals surface area contributed by atoms with Crippen LogP contribution in [0.4, 0.5) is 5.95 Å². The number of hydrogen-bond acceptors (Lipinski definition) is 6. The van der Waals surface area contributed by atoms with Gasteiger partial charge in [0, 0.05) is 43.5 Å². The van der Waals surface area contributed by atoms with E-state index in [1.165, 1.54) is 0 Å². The van der Waals surface area contributed by atoms with Crippen molar-refractivity contribution in [2.45, 2.75) is 38.9 Å². The zero-order chi connectivity index (χ0) is 22.9. The van der Waals surface area contributed by atoms with Crippen LogP contribution in [0.15, 0.2) is 48.5 Å². The molecule has 2 aromatic carbocycles. The molecule has 0 spiro atoms. The molecular formula is C25H29N7O. The summed E-state index contributed by atoms with van der Waals surface area (Å²) in [6, 6.07) is 16.4. The summed E-state index contributed by atoms with van der Waals surface area (Å²) in [5.41, 5.74) is 7.95. The molecule has 3 heterocycles. The Bertz CT molecular complexity index is 1310. The van der Waals surface area contributed by atoms with E-state index in [4.69, 9.17) is 10.7 Å².